The molecule has 0 radical (unpaired) electrons. The van der Waals surface area contributed by atoms with E-state index in [1.165, 1.54) is 5.56 Å². The lowest BCUT2D eigenvalue weighted by atomic mass is 9.81. The number of furan rings is 1. The fourth-order valence-electron chi connectivity index (χ4n) is 3.75. The van der Waals surface area contributed by atoms with Gasteiger partial charge in [-0.05, 0) is 51.1 Å². The van der Waals surface area contributed by atoms with Crippen LogP contribution in [0.25, 0.3) is 6.08 Å². The van der Waals surface area contributed by atoms with Crippen LogP contribution < -0.4 is 10.6 Å². The van der Waals surface area contributed by atoms with Crippen molar-refractivity contribution in [2.24, 2.45) is 0 Å². The number of rotatable bonds is 9. The Morgan fingerprint density at radius 2 is 2.17 bits per heavy atom. The summed E-state index contributed by atoms with van der Waals surface area (Å²) in [6, 6.07) is 10.3. The molecule has 0 saturated heterocycles. The van der Waals surface area contributed by atoms with E-state index in [1.807, 2.05) is 50.4 Å². The lowest BCUT2D eigenvalue weighted by Gasteiger charge is -2.33. The molecule has 0 spiro atoms. The minimum atomic E-state index is -0.604. The van der Waals surface area contributed by atoms with E-state index < -0.39 is 5.54 Å². The van der Waals surface area contributed by atoms with Gasteiger partial charge >= 0.3 is 0 Å². The van der Waals surface area contributed by atoms with E-state index in [0.29, 0.717) is 13.0 Å². The van der Waals surface area contributed by atoms with Gasteiger partial charge in [-0.15, -0.1) is 0 Å². The highest BCUT2D eigenvalue weighted by molar-refractivity contribution is 5.86. The molecule has 29 heavy (non-hydrogen) atoms. The molecule has 2 heterocycles. The van der Waals surface area contributed by atoms with Gasteiger partial charge in [-0.2, -0.15) is 0 Å². The normalized spacial score (nSPS) is 17.6. The van der Waals surface area contributed by atoms with Crippen molar-refractivity contribution in [3.63, 3.8) is 0 Å². The van der Waals surface area contributed by atoms with Gasteiger partial charge in [0.2, 0.25) is 0 Å². The van der Waals surface area contributed by atoms with Crippen molar-refractivity contribution >= 4 is 17.5 Å². The summed E-state index contributed by atoms with van der Waals surface area (Å²) in [5.74, 6) is 2.14. The number of anilines is 1. The molecule has 1 aliphatic rings. The Hall–Kier alpha value is -2.85. The Morgan fingerprint density at radius 3 is 2.93 bits per heavy atom. The number of hydrogen-bond acceptors (Lipinski definition) is 4. The Labute approximate surface area is 173 Å². The Morgan fingerprint density at radius 1 is 1.38 bits per heavy atom. The summed E-state index contributed by atoms with van der Waals surface area (Å²) in [6.45, 7) is 9.99. The maximum absolute atomic E-state index is 12.5. The molecule has 0 amide bonds. The maximum atomic E-state index is 12.5. The van der Waals surface area contributed by atoms with Crippen LogP contribution >= 0.6 is 0 Å². The molecule has 0 aliphatic carbocycles. The molecule has 0 saturated carbocycles. The zero-order chi connectivity index (χ0) is 20.9. The second kappa shape index (κ2) is 9.10. The second-order valence-corrected chi connectivity index (χ2v) is 7.79. The van der Waals surface area contributed by atoms with Gasteiger partial charge in [0.25, 0.3) is 0 Å². The quantitative estimate of drug-likeness (QED) is 0.565. The third-order valence-electron chi connectivity index (χ3n) is 5.64. The van der Waals surface area contributed by atoms with Crippen LogP contribution in [0.4, 0.5) is 5.69 Å². The van der Waals surface area contributed by atoms with E-state index in [0.717, 1.165) is 29.2 Å². The molecule has 2 unspecified atom stereocenters. The van der Waals surface area contributed by atoms with E-state index in [4.69, 9.17) is 4.42 Å². The molecule has 3 rings (SSSR count). The molecule has 2 aromatic rings. The van der Waals surface area contributed by atoms with Gasteiger partial charge in [-0.25, -0.2) is 0 Å². The number of para-hydroxylation sites is 1. The number of aryl methyl sites for hydroxylation is 1. The third-order valence-corrected chi connectivity index (χ3v) is 5.64. The minimum Gasteiger partial charge on any atom is -0.466 e. The molecule has 0 fully saturated rings. The van der Waals surface area contributed by atoms with E-state index >= 15 is 0 Å². The van der Waals surface area contributed by atoms with Gasteiger partial charge in [0.15, 0.2) is 0 Å². The van der Waals surface area contributed by atoms with Gasteiger partial charge in [0.1, 0.15) is 17.3 Å². The first-order valence-corrected chi connectivity index (χ1v) is 10.1. The second-order valence-electron chi connectivity index (χ2n) is 7.79. The van der Waals surface area contributed by atoms with Gasteiger partial charge in [0, 0.05) is 30.1 Å². The summed E-state index contributed by atoms with van der Waals surface area (Å²) in [5.41, 5.74) is 2.79. The van der Waals surface area contributed by atoms with Crippen molar-refractivity contribution in [3.05, 3.63) is 84.0 Å². The SMILES string of the molecule is C=C/C=C\c1cc(CCNC(C)(CC2C=CNc3ccccc32)C(C)=O)oc1C. The molecular formula is C25H30N2O2. The minimum absolute atomic E-state index is 0.146. The summed E-state index contributed by atoms with van der Waals surface area (Å²) in [6.07, 6.45) is 11.2. The molecule has 2 atom stereocenters. The van der Waals surface area contributed by atoms with Gasteiger partial charge in [0.05, 0.1) is 5.54 Å². The molecule has 1 aromatic heterocycles. The molecule has 1 aromatic carbocycles. The fourth-order valence-corrected chi connectivity index (χ4v) is 3.75. The van der Waals surface area contributed by atoms with Crippen LogP contribution in [-0.4, -0.2) is 17.9 Å². The van der Waals surface area contributed by atoms with E-state index in [2.05, 4.69) is 35.4 Å². The summed E-state index contributed by atoms with van der Waals surface area (Å²) in [5, 5.41) is 6.78. The standard InChI is InChI=1S/C25H30N2O2/c1-5-6-9-20-16-22(29-18(20)2)13-15-27-25(4,19(3)28)17-21-12-14-26-24-11-8-7-10-23(21)24/h5-12,14,16,21,26-27H,1,13,15,17H2,2-4H3/b9-6-. The maximum Gasteiger partial charge on any atom is 0.149 e. The molecule has 0 bridgehead atoms. The first-order valence-electron chi connectivity index (χ1n) is 10.1. The number of ketones is 1. The number of benzene rings is 1. The van der Waals surface area contributed by atoms with E-state index in [9.17, 15) is 4.79 Å². The van der Waals surface area contributed by atoms with Crippen LogP contribution in [0.1, 0.15) is 48.8 Å². The van der Waals surface area contributed by atoms with Crippen molar-refractivity contribution in [3.8, 4) is 0 Å². The predicted octanol–water partition coefficient (Wildman–Crippen LogP) is 5.38. The Bertz CT molecular complexity index is 938. The highest BCUT2D eigenvalue weighted by Gasteiger charge is 2.33. The fraction of sp³-hybridized carbons (Fsp3) is 0.320. The Kier molecular flexibility index (Phi) is 6.55. The molecule has 1 aliphatic heterocycles. The lowest BCUT2D eigenvalue weighted by Crippen LogP contribution is -2.50. The lowest BCUT2D eigenvalue weighted by molar-refractivity contribution is -0.123. The number of hydrogen-bond donors (Lipinski definition) is 2. The topological polar surface area (TPSA) is 54.3 Å². The van der Waals surface area contributed by atoms with Crippen LogP contribution in [-0.2, 0) is 11.2 Å². The average molecular weight is 391 g/mol. The van der Waals surface area contributed by atoms with Gasteiger partial charge in [-0.1, -0.05) is 49.1 Å². The van der Waals surface area contributed by atoms with Crippen LogP contribution in [0.5, 0.6) is 0 Å². The smallest absolute Gasteiger partial charge is 0.149 e. The average Bonchev–Trinajstić information content (AvgIpc) is 3.06. The molecule has 2 N–H and O–H groups in total. The van der Waals surface area contributed by atoms with Crippen LogP contribution in [0.3, 0.4) is 0 Å². The molecule has 4 nitrogen and oxygen atoms in total. The van der Waals surface area contributed by atoms with Crippen molar-refractivity contribution in [2.75, 3.05) is 11.9 Å². The highest BCUT2D eigenvalue weighted by atomic mass is 16.3. The molecular weight excluding hydrogens is 360 g/mol. The van der Waals surface area contributed by atoms with Crippen LogP contribution in [0.15, 0.2) is 65.8 Å². The third kappa shape index (κ3) is 4.96. The highest BCUT2D eigenvalue weighted by Crippen LogP contribution is 2.35. The van der Waals surface area contributed by atoms with Crippen molar-refractivity contribution in [2.45, 2.75) is 45.1 Å². The van der Waals surface area contributed by atoms with Crippen molar-refractivity contribution < 1.29 is 9.21 Å². The van der Waals surface area contributed by atoms with E-state index in [1.54, 1.807) is 13.0 Å². The van der Waals surface area contributed by atoms with Gasteiger partial charge < -0.3 is 15.1 Å². The monoisotopic (exact) mass is 390 g/mol. The van der Waals surface area contributed by atoms with Crippen molar-refractivity contribution in [1.29, 1.82) is 0 Å². The summed E-state index contributed by atoms with van der Waals surface area (Å²) < 4.78 is 5.85. The molecule has 152 valence electrons. The number of allylic oxidation sites excluding steroid dienone is 3. The van der Waals surface area contributed by atoms with Gasteiger partial charge in [-0.3, -0.25) is 4.79 Å². The van der Waals surface area contributed by atoms with Crippen molar-refractivity contribution in [1.82, 2.24) is 5.32 Å². The summed E-state index contributed by atoms with van der Waals surface area (Å²) in [7, 11) is 0. The van der Waals surface area contributed by atoms with Crippen LogP contribution in [0.2, 0.25) is 0 Å². The number of Topliss-reactive ketones (excluding diaryl/α,β-unsaturated/α-hetero) is 1. The number of nitrogens with one attached hydrogen (secondary N) is 2. The first-order chi connectivity index (χ1) is 13.9. The Balaban J connectivity index is 1.66. The van der Waals surface area contributed by atoms with E-state index in [-0.39, 0.29) is 11.7 Å². The first kappa shape index (κ1) is 20.9. The number of fused-ring (bicyclic) bond motifs is 1. The number of carbonyl (C=O) groups excluding carboxylic acids is 1. The largest absolute Gasteiger partial charge is 0.466 e. The molecule has 4 heteroatoms. The summed E-state index contributed by atoms with van der Waals surface area (Å²) in [4.78, 5) is 12.5. The van der Waals surface area contributed by atoms with Crippen LogP contribution in [0, 0.1) is 6.92 Å². The summed E-state index contributed by atoms with van der Waals surface area (Å²) >= 11 is 0. The zero-order valence-corrected chi connectivity index (χ0v) is 17.5. The predicted molar refractivity (Wildman–Crippen MR) is 120 cm³/mol. The zero-order valence-electron chi connectivity index (χ0n) is 17.5. The number of carbonyl (C=O) groups is 1.